The molecule has 0 aliphatic carbocycles. The number of aromatic nitrogens is 1. The molecule has 1 aromatic heterocycles. The van der Waals surface area contributed by atoms with Gasteiger partial charge in [0.05, 0.1) is 0 Å². The second kappa shape index (κ2) is 22.2. The molecule has 2 heteroatoms. The van der Waals surface area contributed by atoms with E-state index in [-0.39, 0.29) is 0 Å². The number of hydrogen-bond donors (Lipinski definition) is 0. The molecule has 0 spiro atoms. The lowest BCUT2D eigenvalue weighted by molar-refractivity contribution is 0.543. The molecule has 0 N–H and O–H groups in total. The molecule has 1 heterocycles. The molecule has 180 valence electrons. The average Bonchev–Trinajstić information content (AvgIpc) is 2.80. The third kappa shape index (κ3) is 17.2. The Bertz CT molecular complexity index is 435. The maximum atomic E-state index is 4.21. The Morgan fingerprint density at radius 2 is 0.806 bits per heavy atom. The first-order chi connectivity index (χ1) is 15.4. The monoisotopic (exact) mass is 430 g/mol. The molecule has 2 nitrogen and oxygen atoms in total. The fourth-order valence-electron chi connectivity index (χ4n) is 4.51. The molecule has 0 aliphatic heterocycles. The van der Waals surface area contributed by atoms with Gasteiger partial charge in [0.1, 0.15) is 0 Å². The molecule has 1 rings (SSSR count). The van der Waals surface area contributed by atoms with E-state index >= 15 is 0 Å². The number of rotatable bonds is 23. The summed E-state index contributed by atoms with van der Waals surface area (Å²) in [5.41, 5.74) is 1.36. The van der Waals surface area contributed by atoms with E-state index < -0.39 is 0 Å². The van der Waals surface area contributed by atoms with Crippen LogP contribution in [-0.4, -0.2) is 18.1 Å². The summed E-state index contributed by atoms with van der Waals surface area (Å²) in [7, 11) is 0. The van der Waals surface area contributed by atoms with Crippen LogP contribution < -0.4 is 4.90 Å². The summed E-state index contributed by atoms with van der Waals surface area (Å²) in [6, 6.07) is 4.37. The lowest BCUT2D eigenvalue weighted by atomic mass is 10.1. The molecular weight excluding hydrogens is 376 g/mol. The number of pyridine rings is 1. The zero-order chi connectivity index (χ0) is 22.2. The summed E-state index contributed by atoms with van der Waals surface area (Å²) >= 11 is 0. The fourth-order valence-corrected chi connectivity index (χ4v) is 4.51. The molecule has 0 aliphatic rings. The van der Waals surface area contributed by atoms with E-state index in [9.17, 15) is 0 Å². The minimum absolute atomic E-state index is 1.21. The van der Waals surface area contributed by atoms with Gasteiger partial charge in [0, 0.05) is 31.2 Å². The van der Waals surface area contributed by atoms with Crippen molar-refractivity contribution in [2.45, 2.75) is 142 Å². The SMILES string of the molecule is CCCCCCCCCCCCN(CCCCCCCCCCCC)c1ccncc1. The van der Waals surface area contributed by atoms with Crippen LogP contribution in [0.15, 0.2) is 24.5 Å². The number of hydrogen-bond acceptors (Lipinski definition) is 2. The minimum atomic E-state index is 1.21. The highest BCUT2D eigenvalue weighted by molar-refractivity contribution is 5.44. The Hall–Kier alpha value is -1.05. The van der Waals surface area contributed by atoms with Gasteiger partial charge in [-0.15, -0.1) is 0 Å². The van der Waals surface area contributed by atoms with Crippen molar-refractivity contribution in [1.29, 1.82) is 0 Å². The first-order valence-electron chi connectivity index (χ1n) is 14.0. The van der Waals surface area contributed by atoms with E-state index in [1.54, 1.807) is 0 Å². The summed E-state index contributed by atoms with van der Waals surface area (Å²) in [5, 5.41) is 0. The van der Waals surface area contributed by atoms with Gasteiger partial charge < -0.3 is 4.90 Å². The number of nitrogens with zero attached hydrogens (tertiary/aromatic N) is 2. The van der Waals surface area contributed by atoms with Gasteiger partial charge in [-0.05, 0) is 25.0 Å². The third-order valence-electron chi connectivity index (χ3n) is 6.59. The molecule has 0 radical (unpaired) electrons. The van der Waals surface area contributed by atoms with Crippen LogP contribution in [0.2, 0.25) is 0 Å². The zero-order valence-electron chi connectivity index (χ0n) is 21.3. The molecule has 0 atom stereocenters. The van der Waals surface area contributed by atoms with E-state index in [4.69, 9.17) is 0 Å². The van der Waals surface area contributed by atoms with E-state index in [2.05, 4.69) is 35.9 Å². The Morgan fingerprint density at radius 3 is 1.16 bits per heavy atom. The largest absolute Gasteiger partial charge is 0.371 e. The van der Waals surface area contributed by atoms with Crippen LogP contribution in [0.4, 0.5) is 5.69 Å². The number of unbranched alkanes of at least 4 members (excludes halogenated alkanes) is 18. The Balaban J connectivity index is 2.10. The van der Waals surface area contributed by atoms with Crippen molar-refractivity contribution in [2.75, 3.05) is 18.0 Å². The van der Waals surface area contributed by atoms with Crippen molar-refractivity contribution in [3.63, 3.8) is 0 Å². The zero-order valence-corrected chi connectivity index (χ0v) is 21.3. The smallest absolute Gasteiger partial charge is 0.0397 e. The van der Waals surface area contributed by atoms with Crippen molar-refractivity contribution in [1.82, 2.24) is 4.98 Å². The Morgan fingerprint density at radius 1 is 0.484 bits per heavy atom. The van der Waals surface area contributed by atoms with E-state index in [0.717, 1.165) is 0 Å². The van der Waals surface area contributed by atoms with Crippen molar-refractivity contribution in [2.24, 2.45) is 0 Å². The first-order valence-corrected chi connectivity index (χ1v) is 14.0. The standard InChI is InChI=1S/C29H54N2/c1-3-5-7-9-11-13-15-17-19-21-27-31(29-23-25-30-26-24-29)28-22-20-18-16-14-12-10-8-6-4-2/h23-26H,3-22,27-28H2,1-2H3. The minimum Gasteiger partial charge on any atom is -0.371 e. The van der Waals surface area contributed by atoms with Crippen LogP contribution in [0, 0.1) is 0 Å². The van der Waals surface area contributed by atoms with Gasteiger partial charge in [-0.25, -0.2) is 0 Å². The molecule has 0 aromatic carbocycles. The molecule has 31 heavy (non-hydrogen) atoms. The molecule has 0 bridgehead atoms. The average molecular weight is 431 g/mol. The van der Waals surface area contributed by atoms with Crippen LogP contribution in [0.3, 0.4) is 0 Å². The van der Waals surface area contributed by atoms with Crippen LogP contribution >= 0.6 is 0 Å². The maximum absolute atomic E-state index is 4.21. The van der Waals surface area contributed by atoms with Crippen molar-refractivity contribution in [3.8, 4) is 0 Å². The third-order valence-corrected chi connectivity index (χ3v) is 6.59. The summed E-state index contributed by atoms with van der Waals surface area (Å²) < 4.78 is 0. The van der Waals surface area contributed by atoms with Crippen molar-refractivity contribution in [3.05, 3.63) is 24.5 Å². The maximum Gasteiger partial charge on any atom is 0.0397 e. The van der Waals surface area contributed by atoms with E-state index in [0.29, 0.717) is 0 Å². The molecule has 0 unspecified atom stereocenters. The van der Waals surface area contributed by atoms with Gasteiger partial charge >= 0.3 is 0 Å². The number of anilines is 1. The Kier molecular flexibility index (Phi) is 20.0. The highest BCUT2D eigenvalue weighted by atomic mass is 15.1. The van der Waals surface area contributed by atoms with Crippen LogP contribution in [0.25, 0.3) is 0 Å². The van der Waals surface area contributed by atoms with E-state index in [1.807, 2.05) is 12.4 Å². The topological polar surface area (TPSA) is 16.1 Å². The van der Waals surface area contributed by atoms with Gasteiger partial charge in [0.15, 0.2) is 0 Å². The first kappa shape index (κ1) is 28.0. The predicted molar refractivity (Wildman–Crippen MR) is 140 cm³/mol. The van der Waals surface area contributed by atoms with Gasteiger partial charge in [-0.1, -0.05) is 129 Å². The molecule has 0 amide bonds. The summed E-state index contributed by atoms with van der Waals surface area (Å²) in [4.78, 5) is 6.82. The Labute approximate surface area is 195 Å². The lowest BCUT2D eigenvalue weighted by Crippen LogP contribution is -2.25. The normalized spacial score (nSPS) is 11.2. The predicted octanol–water partition coefficient (Wildman–Crippen LogP) is 9.73. The van der Waals surface area contributed by atoms with Crippen LogP contribution in [-0.2, 0) is 0 Å². The summed E-state index contributed by atoms with van der Waals surface area (Å²) in [5.74, 6) is 0. The summed E-state index contributed by atoms with van der Waals surface area (Å²) in [6.45, 7) is 7.01. The molecular formula is C29H54N2. The fraction of sp³-hybridized carbons (Fsp3) is 0.828. The summed E-state index contributed by atoms with van der Waals surface area (Å²) in [6.07, 6.45) is 32.1. The van der Waals surface area contributed by atoms with E-state index in [1.165, 1.54) is 147 Å². The quantitative estimate of drug-likeness (QED) is 0.161. The van der Waals surface area contributed by atoms with Gasteiger partial charge in [-0.2, -0.15) is 0 Å². The lowest BCUT2D eigenvalue weighted by Gasteiger charge is -2.25. The molecule has 1 aromatic rings. The molecule has 0 saturated carbocycles. The van der Waals surface area contributed by atoms with Crippen LogP contribution in [0.1, 0.15) is 142 Å². The highest BCUT2D eigenvalue weighted by Gasteiger charge is 2.06. The van der Waals surface area contributed by atoms with Gasteiger partial charge in [0.25, 0.3) is 0 Å². The van der Waals surface area contributed by atoms with Crippen molar-refractivity contribution < 1.29 is 0 Å². The second-order valence-corrected chi connectivity index (χ2v) is 9.56. The molecule has 0 saturated heterocycles. The van der Waals surface area contributed by atoms with Gasteiger partial charge in [-0.3, -0.25) is 4.98 Å². The van der Waals surface area contributed by atoms with Crippen molar-refractivity contribution >= 4 is 5.69 Å². The second-order valence-electron chi connectivity index (χ2n) is 9.56. The molecule has 0 fully saturated rings. The van der Waals surface area contributed by atoms with Gasteiger partial charge in [0.2, 0.25) is 0 Å². The van der Waals surface area contributed by atoms with Crippen LogP contribution in [0.5, 0.6) is 0 Å². The highest BCUT2D eigenvalue weighted by Crippen LogP contribution is 2.17.